The Balaban J connectivity index is 1.38. The first-order valence-electron chi connectivity index (χ1n) is 15.8. The van der Waals surface area contributed by atoms with Crippen LogP contribution in [0.25, 0.3) is 22.3 Å². The lowest BCUT2D eigenvalue weighted by Crippen LogP contribution is -2.62. The highest BCUT2D eigenvalue weighted by Crippen LogP contribution is 2.39. The van der Waals surface area contributed by atoms with Gasteiger partial charge in [-0.05, 0) is 31.2 Å². The van der Waals surface area contributed by atoms with Crippen molar-refractivity contribution in [2.45, 2.75) is 92.9 Å². The highest BCUT2D eigenvalue weighted by molar-refractivity contribution is 5.88. The van der Waals surface area contributed by atoms with E-state index in [0.717, 1.165) is 12.1 Å². The third kappa shape index (κ3) is 7.09. The fraction of sp³-hybridized carbons (Fsp3) is 0.531. The van der Waals surface area contributed by atoms with Gasteiger partial charge in [0.2, 0.25) is 23.8 Å². The van der Waals surface area contributed by atoms with E-state index in [1.54, 1.807) is 0 Å². The molecule has 280 valence electrons. The van der Waals surface area contributed by atoms with E-state index in [9.17, 15) is 61.0 Å². The SMILES string of the molecule is C[C@@H]1O[C@@H](O[C@@H]2[C@@H](Oc3c(-c4ccc(O)cc4)oc4cc(O[C@H]5O[C@@H](CO)[C@H](O)[C@H](O)[C@@H]5O)cc(O)c4c3=O)OC[C@H](O)[C@@H]2O)[C@@H](O)[C@@H](O)[C@H]1O. The van der Waals surface area contributed by atoms with Gasteiger partial charge in [0.15, 0.2) is 18.2 Å². The first kappa shape index (κ1) is 37.1. The number of fused-ring (bicyclic) bond motifs is 1. The van der Waals surface area contributed by atoms with E-state index >= 15 is 0 Å². The van der Waals surface area contributed by atoms with Crippen LogP contribution in [0.4, 0.5) is 0 Å². The summed E-state index contributed by atoms with van der Waals surface area (Å²) in [4.78, 5) is 14.1. The number of hydrogen-bond acceptors (Lipinski definition) is 19. The summed E-state index contributed by atoms with van der Waals surface area (Å²) in [5.41, 5.74) is -1.16. The molecule has 3 aromatic rings. The van der Waals surface area contributed by atoms with Crippen molar-refractivity contribution < 1.29 is 89.0 Å². The van der Waals surface area contributed by atoms with E-state index in [-0.39, 0.29) is 28.4 Å². The van der Waals surface area contributed by atoms with Crippen molar-refractivity contribution in [3.8, 4) is 34.3 Å². The van der Waals surface area contributed by atoms with E-state index < -0.39 is 122 Å². The zero-order chi connectivity index (χ0) is 36.9. The van der Waals surface area contributed by atoms with Crippen LogP contribution in [0, 0.1) is 0 Å². The van der Waals surface area contributed by atoms with Gasteiger partial charge < -0.3 is 89.0 Å². The van der Waals surface area contributed by atoms with Gasteiger partial charge in [0.1, 0.15) is 83.2 Å². The number of hydrogen-bond donors (Lipinski definition) is 11. The average molecular weight is 727 g/mol. The maximum Gasteiger partial charge on any atom is 0.239 e. The molecular weight excluding hydrogens is 688 g/mol. The van der Waals surface area contributed by atoms with Crippen molar-refractivity contribution >= 4 is 11.0 Å². The van der Waals surface area contributed by atoms with Gasteiger partial charge in [0.05, 0.1) is 19.3 Å². The second-order valence-electron chi connectivity index (χ2n) is 12.4. The molecule has 6 rings (SSSR count). The van der Waals surface area contributed by atoms with Crippen LogP contribution in [0.2, 0.25) is 0 Å². The number of aromatic hydroxyl groups is 2. The normalized spacial score (nSPS) is 37.3. The monoisotopic (exact) mass is 726 g/mol. The summed E-state index contributed by atoms with van der Waals surface area (Å²) in [7, 11) is 0. The van der Waals surface area contributed by atoms with Crippen molar-refractivity contribution in [2.24, 2.45) is 0 Å². The van der Waals surface area contributed by atoms with Crippen LogP contribution < -0.4 is 14.9 Å². The van der Waals surface area contributed by atoms with Crippen LogP contribution in [-0.4, -0.2) is 155 Å². The van der Waals surface area contributed by atoms with Crippen LogP contribution >= 0.6 is 0 Å². The van der Waals surface area contributed by atoms with Crippen molar-refractivity contribution in [3.63, 3.8) is 0 Å². The van der Waals surface area contributed by atoms with Gasteiger partial charge in [-0.1, -0.05) is 0 Å². The van der Waals surface area contributed by atoms with Gasteiger partial charge in [-0.2, -0.15) is 0 Å². The molecule has 19 nitrogen and oxygen atoms in total. The molecule has 3 saturated heterocycles. The van der Waals surface area contributed by atoms with Gasteiger partial charge in [-0.25, -0.2) is 0 Å². The Labute approximate surface area is 287 Å². The van der Waals surface area contributed by atoms with Gasteiger partial charge in [0.25, 0.3) is 0 Å². The van der Waals surface area contributed by atoms with Crippen molar-refractivity contribution in [2.75, 3.05) is 13.2 Å². The quantitative estimate of drug-likeness (QED) is 0.108. The Morgan fingerprint density at radius 3 is 2.12 bits per heavy atom. The fourth-order valence-electron chi connectivity index (χ4n) is 5.94. The van der Waals surface area contributed by atoms with E-state index in [0.29, 0.717) is 0 Å². The largest absolute Gasteiger partial charge is 0.508 e. The Hall–Kier alpha value is -3.67. The Kier molecular flexibility index (Phi) is 10.7. The highest BCUT2D eigenvalue weighted by atomic mass is 16.8. The van der Waals surface area contributed by atoms with Gasteiger partial charge in [-0.3, -0.25) is 4.79 Å². The number of aliphatic hydroxyl groups excluding tert-OH is 9. The van der Waals surface area contributed by atoms with Crippen molar-refractivity contribution in [1.29, 1.82) is 0 Å². The van der Waals surface area contributed by atoms with E-state index in [4.69, 9.17) is 32.8 Å². The average Bonchev–Trinajstić information content (AvgIpc) is 3.10. The van der Waals surface area contributed by atoms with Gasteiger partial charge in [0, 0.05) is 17.7 Å². The van der Waals surface area contributed by atoms with Crippen molar-refractivity contribution in [1.82, 2.24) is 0 Å². The van der Waals surface area contributed by atoms with Crippen LogP contribution in [0.5, 0.6) is 23.0 Å². The summed E-state index contributed by atoms with van der Waals surface area (Å²) >= 11 is 0. The zero-order valence-corrected chi connectivity index (χ0v) is 26.6. The lowest BCUT2D eigenvalue weighted by molar-refractivity contribution is -0.344. The summed E-state index contributed by atoms with van der Waals surface area (Å²) in [6, 6.07) is 7.34. The molecular formula is C32H38O19. The minimum atomic E-state index is -1.82. The van der Waals surface area contributed by atoms with Gasteiger partial charge in [-0.15, -0.1) is 0 Å². The minimum absolute atomic E-state index is 0.146. The molecule has 0 aliphatic carbocycles. The molecule has 3 aliphatic heterocycles. The molecule has 0 unspecified atom stereocenters. The molecule has 4 heterocycles. The third-order valence-corrected chi connectivity index (χ3v) is 8.90. The van der Waals surface area contributed by atoms with E-state index in [1.807, 2.05) is 0 Å². The Bertz CT molecular complexity index is 1730. The molecule has 3 aliphatic rings. The number of rotatable bonds is 8. The van der Waals surface area contributed by atoms with E-state index in [1.165, 1.54) is 31.2 Å². The lowest BCUT2D eigenvalue weighted by atomic mass is 9.99. The molecule has 11 N–H and O–H groups in total. The van der Waals surface area contributed by atoms with Crippen LogP contribution in [0.3, 0.4) is 0 Å². The topological polar surface area (TPSA) is 308 Å². The summed E-state index contributed by atoms with van der Waals surface area (Å²) in [6.45, 7) is 0.144. The summed E-state index contributed by atoms with van der Waals surface area (Å²) in [6.07, 6.45) is -22.6. The number of benzene rings is 2. The third-order valence-electron chi connectivity index (χ3n) is 8.90. The highest BCUT2D eigenvalue weighted by Gasteiger charge is 2.49. The van der Waals surface area contributed by atoms with Crippen molar-refractivity contribution in [3.05, 3.63) is 46.6 Å². The number of phenols is 2. The first-order chi connectivity index (χ1) is 24.2. The zero-order valence-electron chi connectivity index (χ0n) is 26.6. The van der Waals surface area contributed by atoms with Crippen LogP contribution in [0.1, 0.15) is 6.92 Å². The summed E-state index contributed by atoms with van der Waals surface area (Å²) < 4.78 is 39.7. The molecule has 1 aromatic heterocycles. The predicted molar refractivity (Wildman–Crippen MR) is 165 cm³/mol. The molecule has 0 amide bonds. The van der Waals surface area contributed by atoms with Crippen LogP contribution in [0.15, 0.2) is 45.6 Å². The number of phenolic OH excluding ortho intramolecular Hbond substituents is 2. The minimum Gasteiger partial charge on any atom is -0.508 e. The fourth-order valence-corrected chi connectivity index (χ4v) is 5.94. The second-order valence-corrected chi connectivity index (χ2v) is 12.4. The molecule has 3 fully saturated rings. The molecule has 0 bridgehead atoms. The molecule has 2 aromatic carbocycles. The molecule has 51 heavy (non-hydrogen) atoms. The smallest absolute Gasteiger partial charge is 0.239 e. The lowest BCUT2D eigenvalue weighted by Gasteiger charge is -2.43. The summed E-state index contributed by atoms with van der Waals surface area (Å²) in [5, 5.41) is 113. The number of aliphatic hydroxyl groups is 9. The Morgan fingerprint density at radius 1 is 0.765 bits per heavy atom. The first-order valence-corrected chi connectivity index (χ1v) is 15.8. The molecule has 0 radical (unpaired) electrons. The Morgan fingerprint density at radius 2 is 1.43 bits per heavy atom. The second kappa shape index (κ2) is 14.8. The number of ether oxygens (including phenoxy) is 6. The predicted octanol–water partition coefficient (Wildman–Crippen LogP) is -3.28. The summed E-state index contributed by atoms with van der Waals surface area (Å²) in [5.74, 6) is -2.03. The molecule has 14 atom stereocenters. The van der Waals surface area contributed by atoms with Crippen LogP contribution in [-0.2, 0) is 18.9 Å². The standard InChI is InChI=1S/C32H38O19/c1-10-19(37)23(41)25(43)30(46-10)51-29-20(38)15(36)9-45-32(29)50-28-22(40)18-14(35)6-13(47-31-26(44)24(42)21(39)17(8-33)49-31)7-16(18)48-27(28)11-2-4-12(34)5-3-11/h2-7,10,15,17,19-21,23-26,29-39,41-44H,8-9H2,1H3/t10-,15-,17-,19-,20-,21-,23-,24-,25-,26-,29-,30-,31-,32+/m0/s1. The maximum absolute atomic E-state index is 14.1. The molecule has 0 spiro atoms. The van der Waals surface area contributed by atoms with E-state index in [2.05, 4.69) is 0 Å². The molecule has 0 saturated carbocycles. The maximum atomic E-state index is 14.1. The van der Waals surface area contributed by atoms with Gasteiger partial charge >= 0.3 is 0 Å². The molecule has 19 heteroatoms.